The second kappa shape index (κ2) is 9.52. The van der Waals surface area contributed by atoms with E-state index in [-0.39, 0.29) is 19.1 Å². The summed E-state index contributed by atoms with van der Waals surface area (Å²) in [5, 5.41) is 7.05. The molecule has 0 saturated carbocycles. The summed E-state index contributed by atoms with van der Waals surface area (Å²) in [6.45, 7) is 3.96. The number of benzene rings is 1. The smallest absolute Gasteiger partial charge is 0.341 e. The van der Waals surface area contributed by atoms with Crippen LogP contribution in [-0.2, 0) is 16.0 Å². The van der Waals surface area contributed by atoms with Gasteiger partial charge in [0.2, 0.25) is 0 Å². The molecule has 2 aromatic heterocycles. The summed E-state index contributed by atoms with van der Waals surface area (Å²) in [7, 11) is 0. The predicted molar refractivity (Wildman–Crippen MR) is 114 cm³/mol. The van der Waals surface area contributed by atoms with Crippen LogP contribution >= 0.6 is 22.7 Å². The Morgan fingerprint density at radius 1 is 1.07 bits per heavy atom. The quantitative estimate of drug-likeness (QED) is 0.512. The van der Waals surface area contributed by atoms with E-state index < -0.39 is 5.97 Å². The molecule has 0 fully saturated rings. The van der Waals surface area contributed by atoms with Gasteiger partial charge in [-0.3, -0.25) is 4.79 Å². The number of amides is 1. The van der Waals surface area contributed by atoms with Crippen molar-refractivity contribution in [1.82, 2.24) is 0 Å². The fourth-order valence-corrected chi connectivity index (χ4v) is 4.39. The van der Waals surface area contributed by atoms with E-state index in [0.717, 1.165) is 16.9 Å². The van der Waals surface area contributed by atoms with Crippen molar-refractivity contribution in [3.63, 3.8) is 0 Å². The fourth-order valence-electron chi connectivity index (χ4n) is 2.60. The molecule has 0 aliphatic rings. The molecule has 0 atom stereocenters. The third kappa shape index (κ3) is 4.79. The van der Waals surface area contributed by atoms with Crippen molar-refractivity contribution in [1.29, 1.82) is 0 Å². The Hall–Kier alpha value is -2.64. The normalized spacial score (nSPS) is 10.5. The Balaban J connectivity index is 1.71. The minimum absolute atomic E-state index is 0.139. The molecule has 0 saturated heterocycles. The van der Waals surface area contributed by atoms with Gasteiger partial charge in [-0.2, -0.15) is 0 Å². The van der Waals surface area contributed by atoms with Gasteiger partial charge < -0.3 is 14.8 Å². The van der Waals surface area contributed by atoms with E-state index in [1.807, 2.05) is 47.2 Å². The van der Waals surface area contributed by atoms with Gasteiger partial charge in [0.25, 0.3) is 5.91 Å². The largest absolute Gasteiger partial charge is 0.484 e. The second-order valence-electron chi connectivity index (χ2n) is 5.89. The Morgan fingerprint density at radius 3 is 2.50 bits per heavy atom. The molecule has 0 unspecified atom stereocenters. The van der Waals surface area contributed by atoms with Crippen LogP contribution < -0.4 is 10.1 Å². The lowest BCUT2D eigenvalue weighted by molar-refractivity contribution is -0.118. The van der Waals surface area contributed by atoms with Crippen LogP contribution in [0.4, 0.5) is 5.00 Å². The minimum atomic E-state index is -0.446. The number of rotatable bonds is 8. The van der Waals surface area contributed by atoms with E-state index >= 15 is 0 Å². The number of aryl methyl sites for hydroxylation is 1. The molecule has 0 radical (unpaired) electrons. The van der Waals surface area contributed by atoms with Crippen LogP contribution in [0.25, 0.3) is 10.4 Å². The lowest BCUT2D eigenvalue weighted by atomic mass is 10.1. The number of thiophene rings is 2. The molecule has 0 spiro atoms. The molecule has 1 N–H and O–H groups in total. The zero-order valence-corrected chi connectivity index (χ0v) is 17.3. The topological polar surface area (TPSA) is 64.6 Å². The van der Waals surface area contributed by atoms with Gasteiger partial charge in [-0.25, -0.2) is 4.79 Å². The lowest BCUT2D eigenvalue weighted by Crippen LogP contribution is -2.21. The molecule has 5 nitrogen and oxygen atoms in total. The van der Waals surface area contributed by atoms with Crippen LogP contribution in [0.1, 0.15) is 29.8 Å². The first-order chi connectivity index (χ1) is 13.6. The van der Waals surface area contributed by atoms with Gasteiger partial charge in [0, 0.05) is 15.8 Å². The highest BCUT2D eigenvalue weighted by molar-refractivity contribution is 7.17. The number of carbonyl (C=O) groups excluding carboxylic acids is 2. The van der Waals surface area contributed by atoms with Crippen LogP contribution in [0.5, 0.6) is 5.75 Å². The van der Waals surface area contributed by atoms with E-state index in [2.05, 4.69) is 12.2 Å². The first kappa shape index (κ1) is 20.1. The lowest BCUT2D eigenvalue weighted by Gasteiger charge is -2.09. The van der Waals surface area contributed by atoms with Crippen molar-refractivity contribution in [2.45, 2.75) is 20.3 Å². The predicted octanol–water partition coefficient (Wildman–Crippen LogP) is 5.23. The Labute approximate surface area is 171 Å². The third-order valence-corrected chi connectivity index (χ3v) is 5.81. The summed E-state index contributed by atoms with van der Waals surface area (Å²) in [4.78, 5) is 25.8. The molecule has 146 valence electrons. The van der Waals surface area contributed by atoms with Gasteiger partial charge in [0.05, 0.1) is 6.61 Å². The van der Waals surface area contributed by atoms with E-state index in [0.29, 0.717) is 16.3 Å². The van der Waals surface area contributed by atoms with Crippen LogP contribution in [0.15, 0.2) is 47.2 Å². The summed E-state index contributed by atoms with van der Waals surface area (Å²) < 4.78 is 10.7. The fraction of sp³-hybridized carbons (Fsp3) is 0.238. The summed E-state index contributed by atoms with van der Waals surface area (Å²) in [5.41, 5.74) is 2.36. The number of hydrogen-bond donors (Lipinski definition) is 1. The molecular formula is C21H21NO4S2. The summed E-state index contributed by atoms with van der Waals surface area (Å²) in [6.07, 6.45) is 0.947. The van der Waals surface area contributed by atoms with Crippen LogP contribution in [0.3, 0.4) is 0 Å². The molecule has 3 rings (SSSR count). The monoisotopic (exact) mass is 415 g/mol. The van der Waals surface area contributed by atoms with Crippen molar-refractivity contribution in [2.24, 2.45) is 0 Å². The van der Waals surface area contributed by atoms with Gasteiger partial charge >= 0.3 is 5.97 Å². The maximum atomic E-state index is 12.5. The molecule has 1 amide bonds. The average molecular weight is 416 g/mol. The van der Waals surface area contributed by atoms with Gasteiger partial charge in [-0.05, 0) is 42.5 Å². The molecule has 3 aromatic rings. The zero-order chi connectivity index (χ0) is 19.9. The van der Waals surface area contributed by atoms with E-state index in [1.165, 1.54) is 28.2 Å². The van der Waals surface area contributed by atoms with Gasteiger partial charge in [0.1, 0.15) is 16.3 Å². The molecule has 0 aliphatic heterocycles. The van der Waals surface area contributed by atoms with Crippen LogP contribution in [0.2, 0.25) is 0 Å². The second-order valence-corrected chi connectivity index (χ2v) is 7.71. The first-order valence-corrected chi connectivity index (χ1v) is 10.7. The number of esters is 1. The van der Waals surface area contributed by atoms with Crippen molar-refractivity contribution in [2.75, 3.05) is 18.5 Å². The average Bonchev–Trinajstić information content (AvgIpc) is 3.36. The molecule has 1 aromatic carbocycles. The first-order valence-electron chi connectivity index (χ1n) is 8.96. The van der Waals surface area contributed by atoms with Crippen molar-refractivity contribution in [3.05, 3.63) is 58.3 Å². The Morgan fingerprint density at radius 2 is 1.86 bits per heavy atom. The summed E-state index contributed by atoms with van der Waals surface area (Å²) in [6, 6.07) is 11.5. The molecule has 7 heteroatoms. The zero-order valence-electron chi connectivity index (χ0n) is 15.7. The van der Waals surface area contributed by atoms with E-state index in [1.54, 1.807) is 6.92 Å². The minimum Gasteiger partial charge on any atom is -0.484 e. The number of carbonyl (C=O) groups is 2. The van der Waals surface area contributed by atoms with Gasteiger partial charge in [-0.1, -0.05) is 25.1 Å². The van der Waals surface area contributed by atoms with Gasteiger partial charge in [-0.15, -0.1) is 22.7 Å². The number of ether oxygens (including phenoxy) is 2. The maximum absolute atomic E-state index is 12.5. The highest BCUT2D eigenvalue weighted by Gasteiger charge is 2.23. The van der Waals surface area contributed by atoms with Crippen molar-refractivity contribution >= 4 is 39.6 Å². The van der Waals surface area contributed by atoms with Gasteiger partial charge in [0.15, 0.2) is 6.61 Å². The molecule has 2 heterocycles. The Kier molecular flexibility index (Phi) is 6.84. The third-order valence-electron chi connectivity index (χ3n) is 4.01. The van der Waals surface area contributed by atoms with Crippen molar-refractivity contribution in [3.8, 4) is 16.2 Å². The molecule has 0 bridgehead atoms. The van der Waals surface area contributed by atoms with E-state index in [4.69, 9.17) is 9.47 Å². The standard InChI is InChI=1S/C21H21NO4S2/c1-3-14-7-9-15(10-8-14)26-12-18(23)22-20-19(21(24)25-4-2)16(13-28-20)17-6-5-11-27-17/h5-11,13H,3-4,12H2,1-2H3,(H,22,23). The summed E-state index contributed by atoms with van der Waals surface area (Å²) in [5.74, 6) is -0.147. The maximum Gasteiger partial charge on any atom is 0.341 e. The molecule has 28 heavy (non-hydrogen) atoms. The Bertz CT molecular complexity index is 930. The number of nitrogens with one attached hydrogen (secondary N) is 1. The number of anilines is 1. The van der Waals surface area contributed by atoms with Crippen molar-refractivity contribution < 1.29 is 19.1 Å². The number of hydrogen-bond acceptors (Lipinski definition) is 6. The van der Waals surface area contributed by atoms with Crippen LogP contribution in [0, 0.1) is 0 Å². The van der Waals surface area contributed by atoms with Crippen LogP contribution in [-0.4, -0.2) is 25.1 Å². The summed E-state index contributed by atoms with van der Waals surface area (Å²) >= 11 is 2.83. The highest BCUT2D eigenvalue weighted by Crippen LogP contribution is 2.38. The highest BCUT2D eigenvalue weighted by atomic mass is 32.1. The molecule has 0 aliphatic carbocycles. The molecular weight excluding hydrogens is 394 g/mol. The van der Waals surface area contributed by atoms with E-state index in [9.17, 15) is 9.59 Å². The SMILES string of the molecule is CCOC(=O)c1c(-c2cccs2)csc1NC(=O)COc1ccc(CC)cc1.